The van der Waals surface area contributed by atoms with Gasteiger partial charge in [-0.3, -0.25) is 9.30 Å². The van der Waals surface area contributed by atoms with Crippen molar-refractivity contribution in [3.63, 3.8) is 0 Å². The van der Waals surface area contributed by atoms with Gasteiger partial charge in [-0.1, -0.05) is 24.3 Å². The lowest BCUT2D eigenvalue weighted by atomic mass is 10.1. The number of fused-ring (bicyclic) bond motifs is 4. The monoisotopic (exact) mass is 521 g/mol. The quantitative estimate of drug-likeness (QED) is 0.432. The van der Waals surface area contributed by atoms with E-state index in [0.29, 0.717) is 41.3 Å². The van der Waals surface area contributed by atoms with E-state index >= 15 is 0 Å². The zero-order valence-electron chi connectivity index (χ0n) is 18.1. The minimum Gasteiger partial charge on any atom is -0.311 e. The molecular weight excluding hydrogens is 502 g/mol. The Morgan fingerprint density at radius 1 is 1.09 bits per heavy atom. The molecule has 2 saturated heterocycles. The third kappa shape index (κ3) is 4.19. The number of likely N-dealkylation sites (tertiary alicyclic amines) is 1. The van der Waals surface area contributed by atoms with Gasteiger partial charge in [-0.15, -0.1) is 35.0 Å². The number of pyridine rings is 2. The van der Waals surface area contributed by atoms with E-state index in [9.17, 15) is 18.4 Å². The maximum absolute atomic E-state index is 14.2. The van der Waals surface area contributed by atoms with Crippen LogP contribution in [0.25, 0.3) is 28.1 Å². The van der Waals surface area contributed by atoms with Crippen molar-refractivity contribution >= 4 is 41.4 Å². The van der Waals surface area contributed by atoms with Gasteiger partial charge in [0.1, 0.15) is 17.8 Å². The van der Waals surface area contributed by atoms with Gasteiger partial charge < -0.3 is 5.32 Å². The van der Waals surface area contributed by atoms with Crippen molar-refractivity contribution < 1.29 is 13.2 Å². The number of alkyl halides is 3. The van der Waals surface area contributed by atoms with Crippen molar-refractivity contribution in [1.82, 2.24) is 29.8 Å². The van der Waals surface area contributed by atoms with E-state index in [1.807, 2.05) is 12.1 Å². The first kappa shape index (κ1) is 25.1. The first-order valence-corrected chi connectivity index (χ1v) is 10.6. The average Bonchev–Trinajstić information content (AvgIpc) is 3.53. The van der Waals surface area contributed by atoms with Gasteiger partial charge in [-0.25, -0.2) is 4.98 Å². The van der Waals surface area contributed by atoms with Crippen LogP contribution in [0.4, 0.5) is 13.2 Å². The van der Waals surface area contributed by atoms with Gasteiger partial charge in [0, 0.05) is 36.8 Å². The van der Waals surface area contributed by atoms with E-state index in [1.165, 1.54) is 12.3 Å². The van der Waals surface area contributed by atoms with Gasteiger partial charge >= 0.3 is 6.18 Å². The molecule has 6 rings (SSSR count). The predicted molar refractivity (Wildman–Crippen MR) is 129 cm³/mol. The fraction of sp³-hybridized carbons (Fsp3) is 0.304. The van der Waals surface area contributed by atoms with Crippen molar-refractivity contribution in [2.45, 2.75) is 30.7 Å². The molecule has 2 fully saturated rings. The number of rotatable bonds is 3. The molecule has 0 aliphatic carbocycles. The molecule has 0 saturated carbocycles. The average molecular weight is 522 g/mol. The van der Waals surface area contributed by atoms with Crippen LogP contribution in [0.5, 0.6) is 0 Å². The number of nitriles is 1. The summed E-state index contributed by atoms with van der Waals surface area (Å²) in [6.45, 7) is 0.935. The second-order valence-corrected chi connectivity index (χ2v) is 8.54. The van der Waals surface area contributed by atoms with Crippen LogP contribution in [-0.2, 0) is 0 Å². The van der Waals surface area contributed by atoms with Crippen molar-refractivity contribution in [2.75, 3.05) is 13.1 Å². The molecule has 5 heterocycles. The van der Waals surface area contributed by atoms with Gasteiger partial charge in [0.2, 0.25) is 0 Å². The highest BCUT2D eigenvalue weighted by atomic mass is 35.5. The third-order valence-corrected chi connectivity index (χ3v) is 6.55. The lowest BCUT2D eigenvalue weighted by Gasteiger charge is -2.36. The summed E-state index contributed by atoms with van der Waals surface area (Å²) in [4.78, 5) is 6.14. The Labute approximate surface area is 210 Å². The minimum atomic E-state index is -4.42. The summed E-state index contributed by atoms with van der Waals surface area (Å²) in [6.07, 6.45) is -2.23. The zero-order valence-corrected chi connectivity index (χ0v) is 19.7. The van der Waals surface area contributed by atoms with E-state index in [-0.39, 0.29) is 42.5 Å². The molecule has 7 nitrogen and oxygen atoms in total. The number of para-hydroxylation sites is 1. The lowest BCUT2D eigenvalue weighted by Crippen LogP contribution is -2.49. The van der Waals surface area contributed by atoms with Gasteiger partial charge in [-0.05, 0) is 30.2 Å². The second-order valence-electron chi connectivity index (χ2n) is 8.54. The maximum Gasteiger partial charge on any atom is 0.408 e. The topological polar surface area (TPSA) is 82.1 Å². The highest BCUT2D eigenvalue weighted by molar-refractivity contribution is 5.86. The number of piperazine rings is 1. The second kappa shape index (κ2) is 9.24. The number of halogens is 5. The van der Waals surface area contributed by atoms with Gasteiger partial charge in [0.05, 0.1) is 11.1 Å². The zero-order chi connectivity index (χ0) is 22.7. The number of hydrogen-bond acceptors (Lipinski definition) is 6. The van der Waals surface area contributed by atoms with E-state index < -0.39 is 12.2 Å². The molecular formula is C23H20Cl2F3N7. The summed E-state index contributed by atoms with van der Waals surface area (Å²) < 4.78 is 44.3. The predicted octanol–water partition coefficient (Wildman–Crippen LogP) is 4.31. The number of aromatic nitrogens is 4. The Balaban J connectivity index is 0.00000144. The molecule has 4 aromatic rings. The summed E-state index contributed by atoms with van der Waals surface area (Å²) in [5.74, 6) is 0.326. The van der Waals surface area contributed by atoms with Crippen molar-refractivity contribution in [1.29, 1.82) is 5.26 Å². The standard InChI is InChI=1S/C23H18F3N7.2ClH/c24-23(25,26)21(32-12-16-8-17(32)10-28-16)15-5-7-19-30-31-22(33(19)11-15)18-6-4-13-2-1-3-14(9-27)20(13)29-18;;/h1-7,11,16-17,21,28H,8,10,12H2;2*1H/t16-,17-,21+;;/m0../s1. The van der Waals surface area contributed by atoms with Crippen LogP contribution in [0.3, 0.4) is 0 Å². The number of hydrogen-bond donors (Lipinski definition) is 1. The summed E-state index contributed by atoms with van der Waals surface area (Å²) in [5.41, 5.74) is 1.93. The Bertz CT molecular complexity index is 1430. The van der Waals surface area contributed by atoms with Crippen LogP contribution in [-0.4, -0.2) is 55.8 Å². The normalized spacial score (nSPS) is 20.4. The molecule has 2 aliphatic heterocycles. The smallest absolute Gasteiger partial charge is 0.311 e. The molecule has 1 N–H and O–H groups in total. The third-order valence-electron chi connectivity index (χ3n) is 6.55. The fourth-order valence-corrected chi connectivity index (χ4v) is 5.08. The first-order chi connectivity index (χ1) is 15.9. The van der Waals surface area contributed by atoms with Crippen LogP contribution in [0, 0.1) is 11.3 Å². The van der Waals surface area contributed by atoms with E-state index in [4.69, 9.17) is 0 Å². The molecule has 182 valence electrons. The molecule has 2 aliphatic rings. The Kier molecular flexibility index (Phi) is 6.64. The highest BCUT2D eigenvalue weighted by Gasteiger charge is 2.51. The molecule has 35 heavy (non-hydrogen) atoms. The van der Waals surface area contributed by atoms with E-state index in [0.717, 1.165) is 11.8 Å². The number of benzene rings is 1. The van der Waals surface area contributed by atoms with Crippen molar-refractivity contribution in [3.05, 3.63) is 59.8 Å². The Morgan fingerprint density at radius 2 is 1.91 bits per heavy atom. The first-order valence-electron chi connectivity index (χ1n) is 10.6. The van der Waals surface area contributed by atoms with Crippen molar-refractivity contribution in [2.24, 2.45) is 0 Å². The summed E-state index contributed by atoms with van der Waals surface area (Å²) in [5, 5.41) is 21.8. The molecule has 1 aromatic carbocycles. The largest absolute Gasteiger partial charge is 0.408 e. The summed E-state index contributed by atoms with van der Waals surface area (Å²) in [6, 6.07) is 12.3. The van der Waals surface area contributed by atoms with Crippen LogP contribution in [0.15, 0.2) is 48.7 Å². The fourth-order valence-electron chi connectivity index (χ4n) is 5.08. The SMILES string of the molecule is Cl.Cl.N#Cc1cccc2ccc(-c3nnc4ccc([C@@H](N5C[C@@H]6C[C@H]5CN6)C(F)(F)F)cn34)nc12. The van der Waals surface area contributed by atoms with Gasteiger partial charge in [-0.2, -0.15) is 18.4 Å². The molecule has 0 unspecified atom stereocenters. The van der Waals surface area contributed by atoms with Crippen LogP contribution < -0.4 is 5.32 Å². The van der Waals surface area contributed by atoms with Gasteiger partial charge in [0.15, 0.2) is 11.5 Å². The van der Waals surface area contributed by atoms with Crippen molar-refractivity contribution in [3.8, 4) is 17.6 Å². The summed E-state index contributed by atoms with van der Waals surface area (Å²) in [7, 11) is 0. The summed E-state index contributed by atoms with van der Waals surface area (Å²) >= 11 is 0. The molecule has 0 spiro atoms. The molecule has 0 amide bonds. The van der Waals surface area contributed by atoms with E-state index in [2.05, 4.69) is 26.6 Å². The maximum atomic E-state index is 14.2. The number of nitrogens with zero attached hydrogens (tertiary/aromatic N) is 6. The molecule has 12 heteroatoms. The van der Waals surface area contributed by atoms with Gasteiger partial charge in [0.25, 0.3) is 0 Å². The molecule has 2 bridgehead atoms. The Morgan fingerprint density at radius 3 is 2.60 bits per heavy atom. The van der Waals surface area contributed by atoms with Crippen LogP contribution in [0.1, 0.15) is 23.6 Å². The molecule has 3 aromatic heterocycles. The van der Waals surface area contributed by atoms with Crippen LogP contribution >= 0.6 is 24.8 Å². The molecule has 0 radical (unpaired) electrons. The highest BCUT2D eigenvalue weighted by Crippen LogP contribution is 2.42. The number of nitrogens with one attached hydrogen (secondary N) is 1. The molecule has 3 atom stereocenters. The minimum absolute atomic E-state index is 0. The van der Waals surface area contributed by atoms with Crippen LogP contribution in [0.2, 0.25) is 0 Å². The Hall–Kier alpha value is -2.97. The van der Waals surface area contributed by atoms with E-state index in [1.54, 1.807) is 33.6 Å². The lowest BCUT2D eigenvalue weighted by molar-refractivity contribution is -0.190.